The van der Waals surface area contributed by atoms with Gasteiger partial charge in [0.2, 0.25) is 0 Å². The Labute approximate surface area is 160 Å². The molecule has 0 saturated carbocycles. The van der Waals surface area contributed by atoms with Crippen LogP contribution in [0.3, 0.4) is 0 Å². The van der Waals surface area contributed by atoms with Crippen LogP contribution in [0.25, 0.3) is 5.69 Å². The number of aliphatic imine (C=N–C) groups is 1. The molecule has 0 fully saturated rings. The molecule has 1 aromatic carbocycles. The van der Waals surface area contributed by atoms with E-state index in [-0.39, 0.29) is 5.69 Å². The number of nitrogens with zero attached hydrogens (tertiary/aromatic N) is 5. The summed E-state index contributed by atoms with van der Waals surface area (Å²) in [4.78, 5) is 15.4. The van der Waals surface area contributed by atoms with Crippen LogP contribution in [-0.2, 0) is 6.42 Å². The van der Waals surface area contributed by atoms with Gasteiger partial charge in [0.25, 0.3) is 5.69 Å². The first-order valence-electron chi connectivity index (χ1n) is 8.61. The van der Waals surface area contributed by atoms with Crippen LogP contribution in [-0.4, -0.2) is 32.4 Å². The number of hydrogen-bond donors (Lipinski definition) is 1. The minimum atomic E-state index is -0.421. The SMILES string of the molecule is NCCc1nnc2n1-c1ccc([N+](=O)[O-])cc1C=NC2C1=C(Cl)C=CCC1. The van der Waals surface area contributed by atoms with Gasteiger partial charge in [0, 0.05) is 35.4 Å². The van der Waals surface area contributed by atoms with Crippen molar-refractivity contribution in [2.24, 2.45) is 10.7 Å². The van der Waals surface area contributed by atoms with Gasteiger partial charge in [-0.05, 0) is 37.1 Å². The minimum absolute atomic E-state index is 0.00602. The maximum atomic E-state index is 11.2. The Balaban J connectivity index is 1.94. The average Bonchev–Trinajstić information content (AvgIpc) is 2.99. The highest BCUT2D eigenvalue weighted by atomic mass is 35.5. The zero-order valence-electron chi connectivity index (χ0n) is 14.4. The van der Waals surface area contributed by atoms with Crippen molar-refractivity contribution < 1.29 is 4.92 Å². The number of fused-ring (bicyclic) bond motifs is 3. The summed E-state index contributed by atoms with van der Waals surface area (Å²) < 4.78 is 1.90. The molecule has 1 aromatic heterocycles. The van der Waals surface area contributed by atoms with Crippen LogP contribution < -0.4 is 5.73 Å². The van der Waals surface area contributed by atoms with Gasteiger partial charge < -0.3 is 5.73 Å². The van der Waals surface area contributed by atoms with Gasteiger partial charge in [-0.25, -0.2) is 0 Å². The molecule has 0 bridgehead atoms. The Morgan fingerprint density at radius 3 is 2.96 bits per heavy atom. The van der Waals surface area contributed by atoms with Crippen molar-refractivity contribution in [1.29, 1.82) is 0 Å². The number of hydrogen-bond acceptors (Lipinski definition) is 6. The molecule has 0 saturated heterocycles. The van der Waals surface area contributed by atoms with E-state index in [4.69, 9.17) is 17.3 Å². The standard InChI is InChI=1S/C18H17ClN6O2/c19-14-4-2-1-3-13(14)17-18-23-22-16(7-8-20)24(18)15-6-5-12(25(26)27)9-11(15)10-21-17/h2,4-6,9-10,17H,1,3,7-8,20H2. The normalized spacial score (nSPS) is 18.2. The summed E-state index contributed by atoms with van der Waals surface area (Å²) in [5.41, 5.74) is 8.09. The largest absolute Gasteiger partial charge is 0.330 e. The van der Waals surface area contributed by atoms with Crippen LogP contribution in [0.2, 0.25) is 0 Å². The number of nitrogens with two attached hydrogens (primary N) is 1. The zero-order valence-corrected chi connectivity index (χ0v) is 15.1. The van der Waals surface area contributed by atoms with E-state index in [1.165, 1.54) is 12.1 Å². The van der Waals surface area contributed by atoms with E-state index < -0.39 is 11.0 Å². The van der Waals surface area contributed by atoms with E-state index in [1.807, 2.05) is 16.7 Å². The van der Waals surface area contributed by atoms with E-state index in [2.05, 4.69) is 15.2 Å². The molecule has 0 amide bonds. The zero-order chi connectivity index (χ0) is 19.0. The van der Waals surface area contributed by atoms with Crippen molar-refractivity contribution in [3.63, 3.8) is 0 Å². The Hall–Kier alpha value is -2.84. The highest BCUT2D eigenvalue weighted by molar-refractivity contribution is 6.31. The second-order valence-corrected chi connectivity index (χ2v) is 6.75. The van der Waals surface area contributed by atoms with Crippen LogP contribution in [0, 0.1) is 10.1 Å². The second kappa shape index (κ2) is 7.05. The minimum Gasteiger partial charge on any atom is -0.330 e. The first-order valence-corrected chi connectivity index (χ1v) is 8.99. The number of halogens is 1. The highest BCUT2D eigenvalue weighted by Gasteiger charge is 2.30. The maximum Gasteiger partial charge on any atom is 0.270 e. The number of aromatic nitrogens is 3. The summed E-state index contributed by atoms with van der Waals surface area (Å²) in [6.07, 6.45) is 7.73. The average molecular weight is 385 g/mol. The molecular weight excluding hydrogens is 368 g/mol. The quantitative estimate of drug-likeness (QED) is 0.643. The number of allylic oxidation sites excluding steroid dienone is 3. The lowest BCUT2D eigenvalue weighted by atomic mass is 9.97. The van der Waals surface area contributed by atoms with Crippen LogP contribution in [0.15, 0.2) is 45.9 Å². The maximum absolute atomic E-state index is 11.2. The van der Waals surface area contributed by atoms with E-state index in [1.54, 1.807) is 12.3 Å². The molecule has 2 heterocycles. The molecule has 2 aliphatic rings. The summed E-state index contributed by atoms with van der Waals surface area (Å²) >= 11 is 6.43. The van der Waals surface area contributed by atoms with Crippen LogP contribution in [0.5, 0.6) is 0 Å². The van der Waals surface area contributed by atoms with Crippen LogP contribution in [0.1, 0.15) is 36.1 Å². The third-order valence-electron chi connectivity index (χ3n) is 4.67. The molecule has 0 spiro atoms. The number of benzene rings is 1. The third-order valence-corrected chi connectivity index (χ3v) is 5.04. The lowest BCUT2D eigenvalue weighted by Gasteiger charge is -2.19. The topological polar surface area (TPSA) is 112 Å². The molecule has 1 atom stereocenters. The summed E-state index contributed by atoms with van der Waals surface area (Å²) in [5, 5.41) is 20.5. The molecule has 9 heteroatoms. The Morgan fingerprint density at radius 2 is 2.22 bits per heavy atom. The first kappa shape index (κ1) is 17.6. The van der Waals surface area contributed by atoms with Gasteiger partial charge in [-0.1, -0.05) is 17.7 Å². The van der Waals surface area contributed by atoms with E-state index in [0.29, 0.717) is 35.2 Å². The fraction of sp³-hybridized carbons (Fsp3) is 0.278. The fourth-order valence-electron chi connectivity index (χ4n) is 3.41. The van der Waals surface area contributed by atoms with Gasteiger partial charge in [0.05, 0.1) is 10.6 Å². The lowest BCUT2D eigenvalue weighted by Crippen LogP contribution is -2.13. The molecule has 27 heavy (non-hydrogen) atoms. The van der Waals surface area contributed by atoms with Gasteiger partial charge in [-0.3, -0.25) is 19.7 Å². The first-order chi connectivity index (χ1) is 13.1. The molecule has 2 aromatic rings. The van der Waals surface area contributed by atoms with Crippen molar-refractivity contribution in [2.75, 3.05) is 6.54 Å². The number of nitro groups is 1. The summed E-state index contributed by atoms with van der Waals surface area (Å²) in [5.74, 6) is 1.34. The Bertz CT molecular complexity index is 1010. The predicted molar refractivity (Wildman–Crippen MR) is 102 cm³/mol. The van der Waals surface area contributed by atoms with Gasteiger partial charge in [0.1, 0.15) is 11.9 Å². The summed E-state index contributed by atoms with van der Waals surface area (Å²) in [6.45, 7) is 0.415. The Morgan fingerprint density at radius 1 is 1.37 bits per heavy atom. The third kappa shape index (κ3) is 3.07. The second-order valence-electron chi connectivity index (χ2n) is 6.34. The number of non-ortho nitro benzene ring substituents is 1. The fourth-order valence-corrected chi connectivity index (χ4v) is 3.70. The molecule has 4 rings (SSSR count). The molecule has 0 radical (unpaired) electrons. The van der Waals surface area contributed by atoms with Gasteiger partial charge in [-0.15, -0.1) is 10.2 Å². The van der Waals surface area contributed by atoms with Crippen molar-refractivity contribution in [1.82, 2.24) is 14.8 Å². The summed E-state index contributed by atoms with van der Waals surface area (Å²) in [6, 6.07) is 4.28. The molecular formula is C18H17ClN6O2. The number of rotatable bonds is 4. The van der Waals surface area contributed by atoms with E-state index in [9.17, 15) is 10.1 Å². The van der Waals surface area contributed by atoms with E-state index >= 15 is 0 Å². The molecule has 138 valence electrons. The molecule has 1 unspecified atom stereocenters. The smallest absolute Gasteiger partial charge is 0.270 e. The van der Waals surface area contributed by atoms with Crippen LogP contribution in [0.4, 0.5) is 5.69 Å². The molecule has 2 N–H and O–H groups in total. The van der Waals surface area contributed by atoms with E-state index in [0.717, 1.165) is 24.1 Å². The highest BCUT2D eigenvalue weighted by Crippen LogP contribution is 2.38. The molecule has 1 aliphatic heterocycles. The molecule has 8 nitrogen and oxygen atoms in total. The van der Waals surface area contributed by atoms with Gasteiger partial charge >= 0.3 is 0 Å². The summed E-state index contributed by atoms with van der Waals surface area (Å²) in [7, 11) is 0. The van der Waals surface area contributed by atoms with Crippen molar-refractivity contribution >= 4 is 23.5 Å². The predicted octanol–water partition coefficient (Wildman–Crippen LogP) is 2.99. The van der Waals surface area contributed by atoms with Crippen LogP contribution >= 0.6 is 11.6 Å². The van der Waals surface area contributed by atoms with Crippen molar-refractivity contribution in [2.45, 2.75) is 25.3 Å². The lowest BCUT2D eigenvalue weighted by molar-refractivity contribution is -0.384. The van der Waals surface area contributed by atoms with Crippen molar-refractivity contribution in [3.8, 4) is 5.69 Å². The van der Waals surface area contributed by atoms with Gasteiger partial charge in [0.15, 0.2) is 5.82 Å². The molecule has 1 aliphatic carbocycles. The van der Waals surface area contributed by atoms with Crippen molar-refractivity contribution in [3.05, 3.63) is 68.3 Å². The Kier molecular flexibility index (Phi) is 4.59. The van der Waals surface area contributed by atoms with Gasteiger partial charge in [-0.2, -0.15) is 0 Å². The monoisotopic (exact) mass is 384 g/mol. The number of nitro benzene ring substituents is 1.